The lowest BCUT2D eigenvalue weighted by molar-refractivity contribution is 0.197. The lowest BCUT2D eigenvalue weighted by Crippen LogP contribution is -2.33. The van der Waals surface area contributed by atoms with Gasteiger partial charge in [-0.2, -0.15) is 0 Å². The van der Waals surface area contributed by atoms with E-state index in [2.05, 4.69) is 17.3 Å². The molecular weight excluding hydrogens is 188 g/mol. The third-order valence-electron chi connectivity index (χ3n) is 3.20. The minimum atomic E-state index is 0.812. The van der Waals surface area contributed by atoms with Crippen LogP contribution in [0.15, 0.2) is 0 Å². The zero-order valence-corrected chi connectivity index (χ0v) is 10.3. The van der Waals surface area contributed by atoms with Crippen LogP contribution < -0.4 is 5.32 Å². The quantitative estimate of drug-likeness (QED) is 0.617. The Hall–Kier alpha value is -0.120. The van der Waals surface area contributed by atoms with Gasteiger partial charge in [-0.05, 0) is 25.8 Å². The molecule has 0 atom stereocenters. The molecule has 0 radical (unpaired) electrons. The summed E-state index contributed by atoms with van der Waals surface area (Å²) in [5, 5.41) is 3.38. The van der Waals surface area contributed by atoms with Gasteiger partial charge in [-0.3, -0.25) is 0 Å². The lowest BCUT2D eigenvalue weighted by atomic mass is 10.1. The third-order valence-corrected chi connectivity index (χ3v) is 3.20. The van der Waals surface area contributed by atoms with Crippen molar-refractivity contribution in [1.82, 2.24) is 10.2 Å². The molecule has 0 spiro atoms. The molecule has 1 aliphatic carbocycles. The topological polar surface area (TPSA) is 24.5 Å². The molecule has 1 N–H and O–H groups in total. The molecule has 0 heterocycles. The molecule has 0 aromatic carbocycles. The fraction of sp³-hybridized carbons (Fsp3) is 1.00. The highest BCUT2D eigenvalue weighted by Gasteiger charge is 2.16. The summed E-state index contributed by atoms with van der Waals surface area (Å²) in [6, 6.07) is 0. The van der Waals surface area contributed by atoms with Gasteiger partial charge in [0.15, 0.2) is 0 Å². The molecule has 3 heteroatoms. The molecule has 1 saturated carbocycles. The first-order valence-electron chi connectivity index (χ1n) is 6.21. The van der Waals surface area contributed by atoms with Crippen molar-refractivity contribution in [3.63, 3.8) is 0 Å². The summed E-state index contributed by atoms with van der Waals surface area (Å²) in [5.74, 6) is 0.967. The Morgan fingerprint density at radius 3 is 2.67 bits per heavy atom. The Labute approximate surface area is 94.2 Å². The van der Waals surface area contributed by atoms with Crippen LogP contribution in [0, 0.1) is 5.92 Å². The number of hydrogen-bond donors (Lipinski definition) is 1. The normalized spacial score (nSPS) is 17.8. The van der Waals surface area contributed by atoms with Crippen LogP contribution in [0.2, 0.25) is 0 Å². The van der Waals surface area contributed by atoms with Crippen molar-refractivity contribution in [2.75, 3.05) is 46.9 Å². The maximum absolute atomic E-state index is 4.98. The van der Waals surface area contributed by atoms with E-state index >= 15 is 0 Å². The van der Waals surface area contributed by atoms with Crippen molar-refractivity contribution in [3.05, 3.63) is 0 Å². The fourth-order valence-corrected chi connectivity index (χ4v) is 2.29. The molecule has 0 aromatic heterocycles. The second-order valence-corrected chi connectivity index (χ2v) is 4.66. The molecule has 0 bridgehead atoms. The van der Waals surface area contributed by atoms with E-state index in [-0.39, 0.29) is 0 Å². The number of ether oxygens (including phenoxy) is 1. The van der Waals surface area contributed by atoms with E-state index in [9.17, 15) is 0 Å². The van der Waals surface area contributed by atoms with Crippen molar-refractivity contribution in [3.8, 4) is 0 Å². The van der Waals surface area contributed by atoms with E-state index in [0.29, 0.717) is 0 Å². The molecule has 0 amide bonds. The molecule has 0 aliphatic heterocycles. The first-order valence-corrected chi connectivity index (χ1v) is 6.21. The smallest absolute Gasteiger partial charge is 0.0587 e. The van der Waals surface area contributed by atoms with E-state index in [1.165, 1.54) is 32.2 Å². The molecule has 3 nitrogen and oxygen atoms in total. The van der Waals surface area contributed by atoms with Gasteiger partial charge in [0.05, 0.1) is 6.61 Å². The molecule has 15 heavy (non-hydrogen) atoms. The van der Waals surface area contributed by atoms with Crippen LogP contribution in [0.1, 0.15) is 25.7 Å². The van der Waals surface area contributed by atoms with Gasteiger partial charge in [0.2, 0.25) is 0 Å². The summed E-state index contributed by atoms with van der Waals surface area (Å²) in [5.41, 5.74) is 0. The predicted octanol–water partition coefficient (Wildman–Crippen LogP) is 1.34. The molecule has 1 fully saturated rings. The summed E-state index contributed by atoms with van der Waals surface area (Å²) in [7, 11) is 3.98. The number of rotatable bonds is 8. The SMILES string of the molecule is COCCNCCN(C)CC1CCCC1. The van der Waals surface area contributed by atoms with Gasteiger partial charge in [0.1, 0.15) is 0 Å². The van der Waals surface area contributed by atoms with Crippen LogP contribution in [0.3, 0.4) is 0 Å². The van der Waals surface area contributed by atoms with Gasteiger partial charge in [0, 0.05) is 33.3 Å². The number of nitrogens with zero attached hydrogens (tertiary/aromatic N) is 1. The van der Waals surface area contributed by atoms with Crippen LogP contribution in [0.4, 0.5) is 0 Å². The van der Waals surface area contributed by atoms with Crippen molar-refractivity contribution in [1.29, 1.82) is 0 Å². The third kappa shape index (κ3) is 6.13. The molecule has 0 unspecified atom stereocenters. The standard InChI is InChI=1S/C12H26N2O/c1-14(9-7-13-8-10-15-2)11-12-5-3-4-6-12/h12-13H,3-11H2,1-2H3. The highest BCUT2D eigenvalue weighted by atomic mass is 16.5. The van der Waals surface area contributed by atoms with Crippen molar-refractivity contribution in [2.45, 2.75) is 25.7 Å². The molecule has 0 aromatic rings. The number of methoxy groups -OCH3 is 1. The van der Waals surface area contributed by atoms with E-state index < -0.39 is 0 Å². The molecule has 90 valence electrons. The molecule has 1 rings (SSSR count). The number of hydrogen-bond acceptors (Lipinski definition) is 3. The van der Waals surface area contributed by atoms with Crippen LogP contribution in [-0.4, -0.2) is 51.8 Å². The van der Waals surface area contributed by atoms with Gasteiger partial charge in [-0.15, -0.1) is 0 Å². The van der Waals surface area contributed by atoms with Crippen molar-refractivity contribution < 1.29 is 4.74 Å². The van der Waals surface area contributed by atoms with Gasteiger partial charge < -0.3 is 15.0 Å². The van der Waals surface area contributed by atoms with Crippen LogP contribution in [-0.2, 0) is 4.74 Å². The van der Waals surface area contributed by atoms with Gasteiger partial charge in [-0.25, -0.2) is 0 Å². The Kier molecular flexibility index (Phi) is 6.98. The summed E-state index contributed by atoms with van der Waals surface area (Å²) < 4.78 is 4.98. The van der Waals surface area contributed by atoms with E-state index in [0.717, 1.165) is 32.2 Å². The van der Waals surface area contributed by atoms with Crippen LogP contribution in [0.5, 0.6) is 0 Å². The van der Waals surface area contributed by atoms with Crippen LogP contribution >= 0.6 is 0 Å². The summed E-state index contributed by atoms with van der Waals surface area (Å²) >= 11 is 0. The zero-order valence-electron chi connectivity index (χ0n) is 10.3. The largest absolute Gasteiger partial charge is 0.383 e. The van der Waals surface area contributed by atoms with E-state index in [1.807, 2.05) is 0 Å². The Bertz CT molecular complexity index is 147. The minimum absolute atomic E-state index is 0.812. The maximum Gasteiger partial charge on any atom is 0.0587 e. The summed E-state index contributed by atoms with van der Waals surface area (Å²) in [6.45, 7) is 5.29. The average molecular weight is 214 g/mol. The Morgan fingerprint density at radius 1 is 1.27 bits per heavy atom. The monoisotopic (exact) mass is 214 g/mol. The minimum Gasteiger partial charge on any atom is -0.383 e. The molecular formula is C12H26N2O. The van der Waals surface area contributed by atoms with E-state index in [1.54, 1.807) is 7.11 Å². The Balaban J connectivity index is 1.91. The number of nitrogens with one attached hydrogen (secondary N) is 1. The predicted molar refractivity (Wildman–Crippen MR) is 64.2 cm³/mol. The first-order chi connectivity index (χ1) is 7.33. The van der Waals surface area contributed by atoms with Crippen molar-refractivity contribution >= 4 is 0 Å². The average Bonchev–Trinajstić information content (AvgIpc) is 2.70. The van der Waals surface area contributed by atoms with Gasteiger partial charge >= 0.3 is 0 Å². The van der Waals surface area contributed by atoms with Crippen LogP contribution in [0.25, 0.3) is 0 Å². The first kappa shape index (κ1) is 12.9. The molecule has 0 saturated heterocycles. The van der Waals surface area contributed by atoms with Gasteiger partial charge in [-0.1, -0.05) is 12.8 Å². The lowest BCUT2D eigenvalue weighted by Gasteiger charge is -2.20. The zero-order chi connectivity index (χ0) is 10.9. The van der Waals surface area contributed by atoms with Crippen molar-refractivity contribution in [2.24, 2.45) is 5.92 Å². The highest BCUT2D eigenvalue weighted by molar-refractivity contribution is 4.70. The fourth-order valence-electron chi connectivity index (χ4n) is 2.29. The van der Waals surface area contributed by atoms with Gasteiger partial charge in [0.25, 0.3) is 0 Å². The second kappa shape index (κ2) is 8.08. The second-order valence-electron chi connectivity index (χ2n) is 4.66. The highest BCUT2D eigenvalue weighted by Crippen LogP contribution is 2.24. The summed E-state index contributed by atoms with van der Waals surface area (Å²) in [4.78, 5) is 2.45. The number of likely N-dealkylation sites (N-methyl/N-ethyl adjacent to an activating group) is 1. The van der Waals surface area contributed by atoms with E-state index in [4.69, 9.17) is 4.74 Å². The summed E-state index contributed by atoms with van der Waals surface area (Å²) in [6.07, 6.45) is 5.79. The molecule has 1 aliphatic rings. The maximum atomic E-state index is 4.98. The Morgan fingerprint density at radius 2 is 2.00 bits per heavy atom.